The molecule has 0 radical (unpaired) electrons. The summed E-state index contributed by atoms with van der Waals surface area (Å²) in [7, 11) is 1.79. The maximum atomic E-state index is 9.39. The molecule has 3 rings (SSSR count). The van der Waals surface area contributed by atoms with E-state index >= 15 is 0 Å². The van der Waals surface area contributed by atoms with Crippen molar-refractivity contribution in [3.05, 3.63) is 42.6 Å². The minimum absolute atomic E-state index is 0.282. The van der Waals surface area contributed by atoms with Gasteiger partial charge < -0.3 is 5.11 Å². The number of fused-ring (bicyclic) bond motifs is 1. The van der Waals surface area contributed by atoms with E-state index in [0.717, 1.165) is 22.0 Å². The summed E-state index contributed by atoms with van der Waals surface area (Å²) < 4.78 is 0. The van der Waals surface area contributed by atoms with E-state index in [9.17, 15) is 5.11 Å². The summed E-state index contributed by atoms with van der Waals surface area (Å²) >= 11 is 0. The Balaban J connectivity index is 2.16. The van der Waals surface area contributed by atoms with Crippen molar-refractivity contribution in [3.8, 4) is 17.0 Å². The van der Waals surface area contributed by atoms with E-state index in [1.54, 1.807) is 25.4 Å². The quantitative estimate of drug-likeness (QED) is 0.691. The molecule has 1 aromatic heterocycles. The summed E-state index contributed by atoms with van der Waals surface area (Å²) in [6, 6.07) is 11.3. The summed E-state index contributed by atoms with van der Waals surface area (Å²) in [5, 5.41) is 19.8. The highest BCUT2D eigenvalue weighted by Crippen LogP contribution is 2.25. The number of phenols is 1. The van der Waals surface area contributed by atoms with Crippen LogP contribution in [-0.4, -0.2) is 20.1 Å². The third-order valence-electron chi connectivity index (χ3n) is 2.72. The fourth-order valence-electron chi connectivity index (χ4n) is 1.87. The molecule has 84 valence electrons. The predicted molar refractivity (Wildman–Crippen MR) is 65.6 cm³/mol. The summed E-state index contributed by atoms with van der Waals surface area (Å²) in [6.07, 6.45) is 1.74. The van der Waals surface area contributed by atoms with Crippen molar-refractivity contribution < 1.29 is 5.11 Å². The molecule has 0 spiro atoms. The topological polar surface area (TPSA) is 50.9 Å². The second kappa shape index (κ2) is 3.59. The number of rotatable bonds is 1. The van der Waals surface area contributed by atoms with E-state index in [-0.39, 0.29) is 5.75 Å². The summed E-state index contributed by atoms with van der Waals surface area (Å²) in [5.41, 5.74) is 1.87. The molecule has 0 aliphatic heterocycles. The molecule has 0 bridgehead atoms. The van der Waals surface area contributed by atoms with Gasteiger partial charge in [0.25, 0.3) is 0 Å². The fraction of sp³-hybridized carbons (Fsp3) is 0.0769. The number of aromatic nitrogens is 3. The van der Waals surface area contributed by atoms with Gasteiger partial charge in [-0.05, 0) is 29.0 Å². The molecule has 0 unspecified atom stereocenters. The van der Waals surface area contributed by atoms with E-state index in [1.165, 1.54) is 4.80 Å². The average molecular weight is 225 g/mol. The number of nitrogens with zero attached hydrogens (tertiary/aromatic N) is 3. The van der Waals surface area contributed by atoms with Gasteiger partial charge in [-0.15, -0.1) is 0 Å². The van der Waals surface area contributed by atoms with Crippen LogP contribution in [0.15, 0.2) is 42.6 Å². The van der Waals surface area contributed by atoms with Gasteiger partial charge in [-0.1, -0.05) is 18.2 Å². The normalized spacial score (nSPS) is 10.9. The first-order valence-corrected chi connectivity index (χ1v) is 5.32. The van der Waals surface area contributed by atoms with Crippen LogP contribution >= 0.6 is 0 Å². The Morgan fingerprint density at radius 2 is 1.82 bits per heavy atom. The molecule has 0 aliphatic carbocycles. The highest BCUT2D eigenvalue weighted by atomic mass is 16.3. The standard InChI is InChI=1S/C13H11N3O/c1-16-14-8-13(15-16)11-3-2-10-7-12(17)5-4-9(10)6-11/h2-8,17H,1H3. The highest BCUT2D eigenvalue weighted by molar-refractivity contribution is 5.87. The zero-order chi connectivity index (χ0) is 11.8. The van der Waals surface area contributed by atoms with E-state index in [0.29, 0.717) is 0 Å². The van der Waals surface area contributed by atoms with Gasteiger partial charge in [-0.2, -0.15) is 15.0 Å². The Labute approximate surface area is 98.1 Å². The Hall–Kier alpha value is -2.36. The zero-order valence-electron chi connectivity index (χ0n) is 9.33. The molecular formula is C13H11N3O. The Bertz CT molecular complexity index is 688. The van der Waals surface area contributed by atoms with Crippen molar-refractivity contribution in [1.29, 1.82) is 0 Å². The molecule has 0 fully saturated rings. The van der Waals surface area contributed by atoms with Crippen LogP contribution in [0.25, 0.3) is 22.0 Å². The number of aromatic hydroxyl groups is 1. The van der Waals surface area contributed by atoms with Crippen molar-refractivity contribution in [1.82, 2.24) is 15.0 Å². The van der Waals surface area contributed by atoms with Gasteiger partial charge in [-0.3, -0.25) is 0 Å². The minimum atomic E-state index is 0.282. The lowest BCUT2D eigenvalue weighted by Crippen LogP contribution is -1.91. The van der Waals surface area contributed by atoms with Gasteiger partial charge >= 0.3 is 0 Å². The fourth-order valence-corrected chi connectivity index (χ4v) is 1.87. The molecule has 0 aliphatic rings. The molecule has 3 aromatic rings. The Kier molecular flexibility index (Phi) is 2.08. The number of phenolic OH excluding ortho intramolecular Hbond substituents is 1. The van der Waals surface area contributed by atoms with E-state index in [2.05, 4.69) is 10.2 Å². The number of benzene rings is 2. The van der Waals surface area contributed by atoms with E-state index < -0.39 is 0 Å². The first-order valence-electron chi connectivity index (χ1n) is 5.32. The lowest BCUT2D eigenvalue weighted by atomic mass is 10.1. The van der Waals surface area contributed by atoms with Crippen molar-refractivity contribution in [2.75, 3.05) is 0 Å². The maximum Gasteiger partial charge on any atom is 0.116 e. The second-order valence-corrected chi connectivity index (χ2v) is 3.97. The average Bonchev–Trinajstić information content (AvgIpc) is 2.75. The second-order valence-electron chi connectivity index (χ2n) is 3.97. The van der Waals surface area contributed by atoms with Crippen molar-refractivity contribution in [2.24, 2.45) is 7.05 Å². The van der Waals surface area contributed by atoms with Crippen LogP contribution in [0.5, 0.6) is 5.75 Å². The molecule has 17 heavy (non-hydrogen) atoms. The van der Waals surface area contributed by atoms with Gasteiger partial charge in [0, 0.05) is 12.6 Å². The van der Waals surface area contributed by atoms with Crippen LogP contribution in [-0.2, 0) is 7.05 Å². The van der Waals surface area contributed by atoms with Crippen LogP contribution < -0.4 is 0 Å². The highest BCUT2D eigenvalue weighted by Gasteiger charge is 2.03. The molecule has 0 atom stereocenters. The van der Waals surface area contributed by atoms with Crippen LogP contribution in [0.3, 0.4) is 0 Å². The predicted octanol–water partition coefficient (Wildman–Crippen LogP) is 2.34. The monoisotopic (exact) mass is 225 g/mol. The van der Waals surface area contributed by atoms with E-state index in [4.69, 9.17) is 0 Å². The SMILES string of the molecule is Cn1ncc(-c2ccc3cc(O)ccc3c2)n1. The first kappa shape index (κ1) is 9.84. The molecule has 0 amide bonds. The van der Waals surface area contributed by atoms with Gasteiger partial charge in [0.1, 0.15) is 11.4 Å². The minimum Gasteiger partial charge on any atom is -0.508 e. The molecule has 1 heterocycles. The number of hydrogen-bond donors (Lipinski definition) is 1. The lowest BCUT2D eigenvalue weighted by Gasteiger charge is -2.01. The smallest absolute Gasteiger partial charge is 0.116 e. The van der Waals surface area contributed by atoms with Crippen molar-refractivity contribution in [3.63, 3.8) is 0 Å². The molecule has 0 saturated heterocycles. The van der Waals surface area contributed by atoms with Crippen LogP contribution in [0.1, 0.15) is 0 Å². The molecule has 4 heteroatoms. The van der Waals surface area contributed by atoms with Gasteiger partial charge in [-0.25, -0.2) is 0 Å². The lowest BCUT2D eigenvalue weighted by molar-refractivity contribution is 0.476. The number of aryl methyl sites for hydroxylation is 1. The summed E-state index contributed by atoms with van der Waals surface area (Å²) in [4.78, 5) is 1.54. The van der Waals surface area contributed by atoms with Gasteiger partial charge in [0.05, 0.1) is 6.20 Å². The Morgan fingerprint density at radius 3 is 2.59 bits per heavy atom. The van der Waals surface area contributed by atoms with Gasteiger partial charge in [0.15, 0.2) is 0 Å². The third-order valence-corrected chi connectivity index (χ3v) is 2.72. The number of hydrogen-bond acceptors (Lipinski definition) is 3. The third kappa shape index (κ3) is 1.73. The molecule has 0 saturated carbocycles. The molecule has 1 N–H and O–H groups in total. The zero-order valence-corrected chi connectivity index (χ0v) is 9.33. The van der Waals surface area contributed by atoms with Crippen molar-refractivity contribution in [2.45, 2.75) is 0 Å². The summed E-state index contributed by atoms with van der Waals surface area (Å²) in [5.74, 6) is 0.282. The van der Waals surface area contributed by atoms with Crippen LogP contribution in [0, 0.1) is 0 Å². The van der Waals surface area contributed by atoms with Crippen molar-refractivity contribution >= 4 is 10.8 Å². The molecule has 2 aromatic carbocycles. The first-order chi connectivity index (χ1) is 8.22. The molecule has 4 nitrogen and oxygen atoms in total. The van der Waals surface area contributed by atoms with Crippen LogP contribution in [0.4, 0.5) is 0 Å². The molecular weight excluding hydrogens is 214 g/mol. The largest absolute Gasteiger partial charge is 0.508 e. The maximum absolute atomic E-state index is 9.39. The van der Waals surface area contributed by atoms with E-state index in [1.807, 2.05) is 24.3 Å². The van der Waals surface area contributed by atoms with Crippen LogP contribution in [0.2, 0.25) is 0 Å². The Morgan fingerprint density at radius 1 is 1.06 bits per heavy atom. The van der Waals surface area contributed by atoms with Gasteiger partial charge in [0.2, 0.25) is 0 Å². The summed E-state index contributed by atoms with van der Waals surface area (Å²) in [6.45, 7) is 0.